The molecule has 0 aliphatic heterocycles. The van der Waals surface area contributed by atoms with Gasteiger partial charge in [0, 0.05) is 12.8 Å². The van der Waals surface area contributed by atoms with Gasteiger partial charge in [-0.25, -0.2) is 0 Å². The average molecular weight is 1030 g/mol. The lowest BCUT2D eigenvalue weighted by molar-refractivity contribution is -0.870. The molecule has 2 atom stereocenters. The monoisotopic (exact) mass is 1030 g/mol. The summed E-state index contributed by atoms with van der Waals surface area (Å²) in [5.41, 5.74) is 0. The lowest BCUT2D eigenvalue weighted by Crippen LogP contribution is -2.44. The number of carboxylic acids is 1. The minimum atomic E-state index is -1.66. The second kappa shape index (κ2) is 54.6. The van der Waals surface area contributed by atoms with Crippen molar-refractivity contribution >= 4 is 17.9 Å². The third-order valence-electron chi connectivity index (χ3n) is 10.7. The average Bonchev–Trinajstić information content (AvgIpc) is 3.38. The Morgan fingerprint density at radius 3 is 1.09 bits per heavy atom. The Hall–Kier alpha value is -5.61. The van der Waals surface area contributed by atoms with E-state index in [0.717, 1.165) is 116 Å². The highest BCUT2D eigenvalue weighted by Gasteiger charge is 2.21. The molecular weight excluding hydrogens is 935 g/mol. The van der Waals surface area contributed by atoms with Gasteiger partial charge in [0.1, 0.15) is 13.2 Å². The number of ether oxygens (including phenoxy) is 4. The molecule has 0 amide bonds. The van der Waals surface area contributed by atoms with Crippen molar-refractivity contribution in [3.63, 3.8) is 0 Å². The Balaban J connectivity index is 4.36. The Morgan fingerprint density at radius 2 is 0.747 bits per heavy atom. The van der Waals surface area contributed by atoms with Gasteiger partial charge in [-0.15, -0.1) is 0 Å². The number of esters is 2. The molecule has 0 aliphatic carbocycles. The van der Waals surface area contributed by atoms with E-state index in [9.17, 15) is 19.5 Å². The lowest BCUT2D eigenvalue weighted by atomic mass is 10.1. The van der Waals surface area contributed by atoms with Crippen molar-refractivity contribution < 1.29 is 42.9 Å². The van der Waals surface area contributed by atoms with Gasteiger partial charge in [0.2, 0.25) is 0 Å². The summed E-state index contributed by atoms with van der Waals surface area (Å²) >= 11 is 0. The first-order valence-electron chi connectivity index (χ1n) is 27.9. The molecule has 0 heterocycles. The van der Waals surface area contributed by atoms with Crippen LogP contribution in [0, 0.1) is 0 Å². The highest BCUT2D eigenvalue weighted by molar-refractivity contribution is 5.70. The molecule has 9 heteroatoms. The molecule has 2 unspecified atom stereocenters. The number of rotatable bonds is 48. The van der Waals surface area contributed by atoms with Crippen LogP contribution in [0.15, 0.2) is 182 Å². The van der Waals surface area contributed by atoms with Crippen LogP contribution in [0.25, 0.3) is 0 Å². The molecule has 75 heavy (non-hydrogen) atoms. The van der Waals surface area contributed by atoms with Crippen LogP contribution in [0.2, 0.25) is 0 Å². The van der Waals surface area contributed by atoms with Gasteiger partial charge in [0.15, 0.2) is 12.4 Å². The zero-order chi connectivity index (χ0) is 54.8. The Kier molecular flexibility index (Phi) is 50.6. The quantitative estimate of drug-likeness (QED) is 0.0195. The van der Waals surface area contributed by atoms with Crippen molar-refractivity contribution in [2.45, 2.75) is 167 Å². The van der Waals surface area contributed by atoms with Crippen molar-refractivity contribution in [1.29, 1.82) is 0 Å². The minimum Gasteiger partial charge on any atom is -0.545 e. The van der Waals surface area contributed by atoms with Crippen LogP contribution in [0.1, 0.15) is 155 Å². The molecule has 0 aromatic heterocycles. The topological polar surface area (TPSA) is 111 Å². The number of carbonyl (C=O) groups excluding carboxylic acids is 3. The number of quaternary nitrogens is 1. The fourth-order valence-corrected chi connectivity index (χ4v) is 6.43. The number of aliphatic carboxylic acids is 1. The number of allylic oxidation sites excluding steroid dienone is 30. The van der Waals surface area contributed by atoms with E-state index in [1.54, 1.807) is 0 Å². The SMILES string of the molecule is CC/C=C\C/C=C\C/C=C\C/C=C\C/C=C\C/C=C\C/C=C\C/C=C\C/C=C\C/C=C\C/C=C\CCCCCC(=O)OC(COC(=O)CC/C=C\C/C=C\C/C=C\C/C=C\CC)COC(OCC[N+](C)(C)C)C(=O)[O-]. The number of nitrogens with zero attached hydrogens (tertiary/aromatic N) is 1. The maximum Gasteiger partial charge on any atom is 0.306 e. The molecule has 0 spiro atoms. The summed E-state index contributed by atoms with van der Waals surface area (Å²) in [6, 6.07) is 0. The first-order valence-corrected chi connectivity index (χ1v) is 27.9. The maximum absolute atomic E-state index is 12.8. The van der Waals surface area contributed by atoms with Crippen LogP contribution in [-0.4, -0.2) is 82.3 Å². The summed E-state index contributed by atoms with van der Waals surface area (Å²) in [5, 5.41) is 11.7. The van der Waals surface area contributed by atoms with Gasteiger partial charge in [-0.3, -0.25) is 9.59 Å². The molecule has 416 valence electrons. The maximum atomic E-state index is 12.8. The predicted octanol–water partition coefficient (Wildman–Crippen LogP) is 15.2. The Labute approximate surface area is 456 Å². The van der Waals surface area contributed by atoms with Gasteiger partial charge in [-0.05, 0) is 122 Å². The molecular formula is C66H99NO8. The molecule has 0 bridgehead atoms. The summed E-state index contributed by atoms with van der Waals surface area (Å²) in [7, 11) is 5.86. The standard InChI is InChI=1S/C66H99NO8/c1-6-8-10-12-14-16-18-20-21-22-23-24-25-26-27-28-29-30-31-32-33-34-35-36-37-38-39-40-41-42-43-45-47-49-51-53-55-57-64(69)75-62(61-74-66(65(70)71)72-59-58-67(3,4)5)60-73-63(68)56-54-52-50-48-46-44-19-17-15-13-11-9-7-2/h8-11,14-17,20-21,23-24,26-27,29-30,32-33,35-36,38-39,41-42,44-47,50,52,62,66H,6-7,12-13,18-19,22,25,28,31,34,37,40,43,48-49,51,53-61H2,1-5H3/b10-8-,11-9-,16-14-,17-15-,21-20-,24-23-,27-26-,30-29-,33-32-,36-35-,39-38-,42-41-,46-44-,47-45-,52-50-. The van der Waals surface area contributed by atoms with Crippen LogP contribution in [0.5, 0.6) is 0 Å². The van der Waals surface area contributed by atoms with Crippen LogP contribution in [-0.2, 0) is 33.3 Å². The van der Waals surface area contributed by atoms with Gasteiger partial charge in [0.25, 0.3) is 0 Å². The van der Waals surface area contributed by atoms with E-state index in [-0.39, 0.29) is 32.7 Å². The van der Waals surface area contributed by atoms with E-state index in [0.29, 0.717) is 23.9 Å². The minimum absolute atomic E-state index is 0.119. The Bertz CT molecular complexity index is 1870. The van der Waals surface area contributed by atoms with Gasteiger partial charge in [-0.1, -0.05) is 203 Å². The number of hydrogen-bond acceptors (Lipinski definition) is 8. The molecule has 0 saturated carbocycles. The second-order valence-electron chi connectivity index (χ2n) is 18.8. The van der Waals surface area contributed by atoms with E-state index in [1.165, 1.54) is 0 Å². The molecule has 0 aromatic carbocycles. The highest BCUT2D eigenvalue weighted by Crippen LogP contribution is 2.10. The van der Waals surface area contributed by atoms with Gasteiger partial charge >= 0.3 is 11.9 Å². The van der Waals surface area contributed by atoms with E-state index in [4.69, 9.17) is 18.9 Å². The molecule has 0 radical (unpaired) electrons. The molecule has 0 rings (SSSR count). The van der Waals surface area contributed by atoms with Crippen LogP contribution < -0.4 is 5.11 Å². The van der Waals surface area contributed by atoms with Crippen molar-refractivity contribution in [2.75, 3.05) is 47.5 Å². The van der Waals surface area contributed by atoms with Crippen molar-refractivity contribution in [3.8, 4) is 0 Å². The number of carbonyl (C=O) groups is 3. The van der Waals surface area contributed by atoms with Crippen LogP contribution in [0.4, 0.5) is 0 Å². The van der Waals surface area contributed by atoms with Crippen LogP contribution >= 0.6 is 0 Å². The first kappa shape index (κ1) is 69.4. The molecule has 0 saturated heterocycles. The number of likely N-dealkylation sites (N-methyl/N-ethyl adjacent to an activating group) is 1. The zero-order valence-electron chi connectivity index (χ0n) is 47.1. The lowest BCUT2D eigenvalue weighted by Gasteiger charge is -2.26. The van der Waals surface area contributed by atoms with E-state index in [2.05, 4.69) is 184 Å². The summed E-state index contributed by atoms with van der Waals surface area (Å²) in [6.07, 6.45) is 81.2. The zero-order valence-corrected chi connectivity index (χ0v) is 47.1. The fraction of sp³-hybridized carbons (Fsp3) is 0.500. The largest absolute Gasteiger partial charge is 0.545 e. The fourth-order valence-electron chi connectivity index (χ4n) is 6.43. The molecule has 0 aliphatic rings. The van der Waals surface area contributed by atoms with Gasteiger partial charge < -0.3 is 33.3 Å². The summed E-state index contributed by atoms with van der Waals surface area (Å²) in [6.45, 7) is 4.33. The molecule has 0 aromatic rings. The first-order chi connectivity index (χ1) is 36.6. The second-order valence-corrected chi connectivity index (χ2v) is 18.8. The van der Waals surface area contributed by atoms with Crippen molar-refractivity contribution in [1.82, 2.24) is 0 Å². The van der Waals surface area contributed by atoms with E-state index < -0.39 is 30.3 Å². The van der Waals surface area contributed by atoms with Crippen molar-refractivity contribution in [2.24, 2.45) is 0 Å². The normalized spacial score (nSPS) is 14.2. The number of unbranched alkanes of at least 4 members (excludes halogenated alkanes) is 3. The van der Waals surface area contributed by atoms with Crippen LogP contribution in [0.3, 0.4) is 0 Å². The highest BCUT2D eigenvalue weighted by atomic mass is 16.7. The molecule has 9 nitrogen and oxygen atoms in total. The molecule has 0 N–H and O–H groups in total. The number of carboxylic acid groups (broad SMARTS) is 1. The predicted molar refractivity (Wildman–Crippen MR) is 314 cm³/mol. The Morgan fingerprint density at radius 1 is 0.400 bits per heavy atom. The number of hydrogen-bond donors (Lipinski definition) is 0. The van der Waals surface area contributed by atoms with Gasteiger partial charge in [-0.2, -0.15) is 0 Å². The molecule has 0 fully saturated rings. The summed E-state index contributed by atoms with van der Waals surface area (Å²) in [4.78, 5) is 37.1. The summed E-state index contributed by atoms with van der Waals surface area (Å²) in [5.74, 6) is -2.47. The third-order valence-corrected chi connectivity index (χ3v) is 10.7. The summed E-state index contributed by atoms with van der Waals surface area (Å²) < 4.78 is 22.5. The smallest absolute Gasteiger partial charge is 0.306 e. The van der Waals surface area contributed by atoms with E-state index in [1.807, 2.05) is 33.3 Å². The van der Waals surface area contributed by atoms with Gasteiger partial charge in [0.05, 0.1) is 40.3 Å². The van der Waals surface area contributed by atoms with E-state index >= 15 is 0 Å². The third kappa shape index (κ3) is 56.0. The van der Waals surface area contributed by atoms with Crippen molar-refractivity contribution in [3.05, 3.63) is 182 Å².